The van der Waals surface area contributed by atoms with Crippen LogP contribution in [0.1, 0.15) is 97.3 Å². The molecule has 2 aromatic rings. The smallest absolute Gasteiger partial charge is 0.341 e. The zero-order valence-electron chi connectivity index (χ0n) is 23.7. The summed E-state index contributed by atoms with van der Waals surface area (Å²) in [5.74, 6) is -0.317. The number of alkyl halides is 1. The number of hydrogen-bond donors (Lipinski definition) is 1. The first-order valence-electron chi connectivity index (χ1n) is 14.9. The second-order valence-corrected chi connectivity index (χ2v) is 11.9. The Morgan fingerprint density at radius 2 is 1.64 bits per heavy atom. The number of carbonyl (C=O) groups is 1. The van der Waals surface area contributed by atoms with Gasteiger partial charge < -0.3 is 14.6 Å². The summed E-state index contributed by atoms with van der Waals surface area (Å²) in [6.07, 6.45) is 12.3. The van der Waals surface area contributed by atoms with Crippen molar-refractivity contribution < 1.29 is 23.8 Å². The number of benzene rings is 2. The van der Waals surface area contributed by atoms with Crippen molar-refractivity contribution in [2.75, 3.05) is 13.2 Å². The van der Waals surface area contributed by atoms with Crippen molar-refractivity contribution in [3.05, 3.63) is 46.9 Å². The minimum absolute atomic E-state index is 0.00286. The minimum atomic E-state index is -2.17. The predicted molar refractivity (Wildman–Crippen MR) is 160 cm³/mol. The molecule has 2 aromatic carbocycles. The van der Waals surface area contributed by atoms with Crippen LogP contribution in [0.25, 0.3) is 11.1 Å². The van der Waals surface area contributed by atoms with E-state index in [-0.39, 0.29) is 12.3 Å². The van der Waals surface area contributed by atoms with Crippen LogP contribution in [0.5, 0.6) is 11.5 Å². The molecule has 4 nitrogen and oxygen atoms in total. The van der Waals surface area contributed by atoms with Gasteiger partial charge in [0.25, 0.3) is 0 Å². The lowest BCUT2D eigenvalue weighted by Gasteiger charge is -2.35. The van der Waals surface area contributed by atoms with Crippen LogP contribution >= 0.6 is 15.9 Å². The molecule has 3 rings (SSSR count). The van der Waals surface area contributed by atoms with E-state index in [1.54, 1.807) is 0 Å². The Balaban J connectivity index is 1.51. The SMILES string of the molecule is CCCCCCCCOc1ccc(-c2ccc(OCC(CC)C[C@](F)(C(=O)O)C3CCCCC3)cc2)cc1Br. The fraction of sp³-hybridized carbons (Fsp3) is 0.606. The second-order valence-electron chi connectivity index (χ2n) is 11.1. The van der Waals surface area contributed by atoms with Crippen molar-refractivity contribution in [2.45, 2.75) is 103 Å². The van der Waals surface area contributed by atoms with Crippen molar-refractivity contribution in [2.24, 2.45) is 11.8 Å². The lowest BCUT2D eigenvalue weighted by molar-refractivity contribution is -0.158. The number of ether oxygens (including phenoxy) is 2. The van der Waals surface area contributed by atoms with Crippen LogP contribution in [-0.4, -0.2) is 30.0 Å². The fourth-order valence-electron chi connectivity index (χ4n) is 5.55. The van der Waals surface area contributed by atoms with Gasteiger partial charge in [-0.2, -0.15) is 0 Å². The maximum Gasteiger partial charge on any atom is 0.341 e. The maximum atomic E-state index is 15.7. The monoisotopic (exact) mass is 604 g/mol. The molecule has 1 unspecified atom stereocenters. The average Bonchev–Trinajstić information content (AvgIpc) is 2.96. The normalized spacial score (nSPS) is 16.4. The summed E-state index contributed by atoms with van der Waals surface area (Å²) in [5.41, 5.74) is -0.0434. The molecule has 39 heavy (non-hydrogen) atoms. The van der Waals surface area contributed by atoms with Crippen LogP contribution in [-0.2, 0) is 4.79 Å². The molecule has 6 heteroatoms. The molecule has 1 fully saturated rings. The Morgan fingerprint density at radius 3 is 2.28 bits per heavy atom. The summed E-state index contributed by atoms with van der Waals surface area (Å²) in [6, 6.07) is 14.0. The molecule has 216 valence electrons. The molecule has 0 aliphatic heterocycles. The second kappa shape index (κ2) is 16.2. The van der Waals surface area contributed by atoms with E-state index < -0.39 is 17.6 Å². The van der Waals surface area contributed by atoms with Crippen LogP contribution in [0, 0.1) is 11.8 Å². The maximum absolute atomic E-state index is 15.7. The van der Waals surface area contributed by atoms with Gasteiger partial charge in [-0.3, -0.25) is 0 Å². The number of rotatable bonds is 17. The molecule has 1 N–H and O–H groups in total. The number of aliphatic carboxylic acids is 1. The highest BCUT2D eigenvalue weighted by Gasteiger charge is 2.47. The van der Waals surface area contributed by atoms with Crippen LogP contribution in [0.2, 0.25) is 0 Å². The standard InChI is InChI=1S/C33H46BrFO4/c1-3-5-6-7-8-12-21-38-31-20-17-27(22-30(31)34)26-15-18-29(19-16-26)39-24-25(4-2)23-33(35,32(36)37)28-13-10-9-11-14-28/h15-20,22,25,28H,3-14,21,23-24H2,1-2H3,(H,36,37)/t25?,33-/m1/s1. The Labute approximate surface area is 242 Å². The first kappa shape index (κ1) is 31.4. The molecule has 0 bridgehead atoms. The topological polar surface area (TPSA) is 55.8 Å². The predicted octanol–water partition coefficient (Wildman–Crippen LogP) is 10.0. The highest BCUT2D eigenvalue weighted by Crippen LogP contribution is 2.40. The summed E-state index contributed by atoms with van der Waals surface area (Å²) < 4.78 is 28.7. The molecule has 0 amide bonds. The summed E-state index contributed by atoms with van der Waals surface area (Å²) in [7, 11) is 0. The third-order valence-corrected chi connectivity index (χ3v) is 8.75. The van der Waals surface area contributed by atoms with Gasteiger partial charge in [-0.05, 0) is 89.3 Å². The Hall–Kier alpha value is -2.08. The van der Waals surface area contributed by atoms with Crippen molar-refractivity contribution in [3.63, 3.8) is 0 Å². The van der Waals surface area contributed by atoms with Gasteiger partial charge in [-0.25, -0.2) is 9.18 Å². The number of carboxylic acid groups (broad SMARTS) is 1. The Bertz CT molecular complexity index is 1010. The van der Waals surface area contributed by atoms with Crippen LogP contribution in [0.4, 0.5) is 4.39 Å². The summed E-state index contributed by atoms with van der Waals surface area (Å²) in [4.78, 5) is 11.9. The van der Waals surface area contributed by atoms with Gasteiger partial charge in [0, 0.05) is 5.92 Å². The van der Waals surface area contributed by atoms with E-state index >= 15 is 4.39 Å². The summed E-state index contributed by atoms with van der Waals surface area (Å²) >= 11 is 3.65. The van der Waals surface area contributed by atoms with E-state index in [2.05, 4.69) is 35.0 Å². The van der Waals surface area contributed by atoms with E-state index in [4.69, 9.17) is 9.47 Å². The minimum Gasteiger partial charge on any atom is -0.493 e. The first-order valence-corrected chi connectivity index (χ1v) is 15.7. The van der Waals surface area contributed by atoms with Crippen molar-refractivity contribution in [3.8, 4) is 22.6 Å². The molecule has 1 aliphatic carbocycles. The number of unbranched alkanes of at least 4 members (excludes halogenated alkanes) is 5. The summed E-state index contributed by atoms with van der Waals surface area (Å²) in [6.45, 7) is 5.23. The molecule has 2 atom stereocenters. The molecule has 1 aliphatic rings. The van der Waals surface area contributed by atoms with Gasteiger partial charge in [0.2, 0.25) is 5.67 Å². The molecule has 0 radical (unpaired) electrons. The van der Waals surface area contributed by atoms with Crippen molar-refractivity contribution in [1.29, 1.82) is 0 Å². The molecule has 0 aromatic heterocycles. The Morgan fingerprint density at radius 1 is 0.974 bits per heavy atom. The van der Waals surface area contributed by atoms with Gasteiger partial charge in [0.05, 0.1) is 17.7 Å². The molecular weight excluding hydrogens is 559 g/mol. The molecule has 0 saturated heterocycles. The van der Waals surface area contributed by atoms with Gasteiger partial charge in [-0.1, -0.05) is 83.4 Å². The highest BCUT2D eigenvalue weighted by molar-refractivity contribution is 9.10. The van der Waals surface area contributed by atoms with E-state index in [9.17, 15) is 9.90 Å². The summed E-state index contributed by atoms with van der Waals surface area (Å²) in [5, 5.41) is 9.75. The molecule has 1 saturated carbocycles. The van der Waals surface area contributed by atoms with Gasteiger partial charge in [0.1, 0.15) is 11.5 Å². The van der Waals surface area contributed by atoms with E-state index in [1.165, 1.54) is 32.1 Å². The van der Waals surface area contributed by atoms with Crippen LogP contribution < -0.4 is 9.47 Å². The molecular formula is C33H46BrFO4. The van der Waals surface area contributed by atoms with Crippen LogP contribution in [0.3, 0.4) is 0 Å². The molecule has 0 spiro atoms. The largest absolute Gasteiger partial charge is 0.493 e. The van der Waals surface area contributed by atoms with Crippen molar-refractivity contribution >= 4 is 21.9 Å². The quantitative estimate of drug-likeness (QED) is 0.182. The van der Waals surface area contributed by atoms with E-state index in [0.717, 1.165) is 53.6 Å². The van der Waals surface area contributed by atoms with E-state index in [1.807, 2.05) is 37.3 Å². The number of hydrogen-bond acceptors (Lipinski definition) is 3. The first-order chi connectivity index (χ1) is 18.9. The lowest BCUT2D eigenvalue weighted by atomic mass is 9.74. The zero-order valence-corrected chi connectivity index (χ0v) is 25.3. The van der Waals surface area contributed by atoms with Gasteiger partial charge >= 0.3 is 5.97 Å². The number of carboxylic acids is 1. The highest BCUT2D eigenvalue weighted by atomic mass is 79.9. The van der Waals surface area contributed by atoms with Gasteiger partial charge in [0.15, 0.2) is 0 Å². The number of halogens is 2. The average molecular weight is 606 g/mol. The fourth-order valence-corrected chi connectivity index (χ4v) is 6.04. The third-order valence-electron chi connectivity index (χ3n) is 8.13. The third kappa shape index (κ3) is 9.51. The Kier molecular flexibility index (Phi) is 13.1. The van der Waals surface area contributed by atoms with Gasteiger partial charge in [-0.15, -0.1) is 0 Å². The zero-order chi connectivity index (χ0) is 28.1. The van der Waals surface area contributed by atoms with Crippen LogP contribution in [0.15, 0.2) is 46.9 Å². The lowest BCUT2D eigenvalue weighted by Crippen LogP contribution is -2.44. The van der Waals surface area contributed by atoms with Crippen molar-refractivity contribution in [1.82, 2.24) is 0 Å². The molecule has 0 heterocycles. The van der Waals surface area contributed by atoms with E-state index in [0.29, 0.717) is 31.6 Å².